The van der Waals surface area contributed by atoms with E-state index >= 15 is 0 Å². The van der Waals surface area contributed by atoms with Gasteiger partial charge in [-0.1, -0.05) is 69.4 Å². The van der Waals surface area contributed by atoms with Gasteiger partial charge in [0.25, 0.3) is 5.91 Å². The van der Waals surface area contributed by atoms with E-state index in [0.29, 0.717) is 9.88 Å². The van der Waals surface area contributed by atoms with Crippen molar-refractivity contribution in [3.8, 4) is 0 Å². The first kappa shape index (κ1) is 18.9. The van der Waals surface area contributed by atoms with Gasteiger partial charge >= 0.3 is 0 Å². The van der Waals surface area contributed by atoms with Crippen LogP contribution in [0.5, 0.6) is 0 Å². The summed E-state index contributed by atoms with van der Waals surface area (Å²) >= 11 is 6.76. The topological polar surface area (TPSA) is 54.0 Å². The molecule has 6 heteroatoms. The van der Waals surface area contributed by atoms with Gasteiger partial charge in [-0.05, 0) is 18.6 Å². The van der Waals surface area contributed by atoms with E-state index in [9.17, 15) is 4.79 Å². The van der Waals surface area contributed by atoms with Gasteiger partial charge in [0.15, 0.2) is 4.32 Å². The second-order valence-corrected chi connectivity index (χ2v) is 6.84. The highest BCUT2D eigenvalue weighted by molar-refractivity contribution is 8.22. The smallest absolute Gasteiger partial charge is 0.269 e. The Morgan fingerprint density at radius 1 is 1.09 bits per heavy atom. The van der Waals surface area contributed by atoms with Crippen LogP contribution < -0.4 is 10.9 Å². The molecule has 1 heterocycles. The second-order valence-electron chi connectivity index (χ2n) is 5.07. The predicted molar refractivity (Wildman–Crippen MR) is 97.9 cm³/mol. The first-order valence-corrected chi connectivity index (χ1v) is 9.26. The number of unbranched alkanes of at least 4 members (excludes halogenated alkanes) is 6. The number of hydrogen-bond donors (Lipinski definition) is 2. The van der Waals surface area contributed by atoms with Crippen LogP contribution in [0.15, 0.2) is 24.5 Å². The highest BCUT2D eigenvalue weighted by Crippen LogP contribution is 2.11. The summed E-state index contributed by atoms with van der Waals surface area (Å²) < 4.78 is 0.605. The number of hydrazine groups is 1. The fraction of sp³-hybridized carbons (Fsp3) is 0.562. The van der Waals surface area contributed by atoms with E-state index in [4.69, 9.17) is 12.2 Å². The van der Waals surface area contributed by atoms with E-state index in [0.717, 1.165) is 12.2 Å². The monoisotopic (exact) mass is 339 g/mol. The third kappa shape index (κ3) is 9.00. The molecular weight excluding hydrogens is 314 g/mol. The SMILES string of the molecule is CCCCCCCCCSC(=S)NNC(=O)c1ccncc1. The standard InChI is InChI=1S/C16H25N3OS2/c1-2-3-4-5-6-7-8-13-22-16(21)19-18-15(20)14-9-11-17-12-10-14/h9-12H,2-8,13H2,1H3,(H,18,20)(H,19,21). The molecular formula is C16H25N3OS2. The maximum atomic E-state index is 11.8. The molecule has 4 nitrogen and oxygen atoms in total. The van der Waals surface area contributed by atoms with Crippen molar-refractivity contribution in [3.05, 3.63) is 30.1 Å². The summed E-state index contributed by atoms with van der Waals surface area (Å²) in [5.41, 5.74) is 5.93. The van der Waals surface area contributed by atoms with Gasteiger partial charge < -0.3 is 0 Å². The molecule has 1 aromatic heterocycles. The van der Waals surface area contributed by atoms with E-state index in [1.165, 1.54) is 38.5 Å². The fourth-order valence-electron chi connectivity index (χ4n) is 1.94. The summed E-state index contributed by atoms with van der Waals surface area (Å²) in [6.07, 6.45) is 12.2. The average Bonchev–Trinajstić information content (AvgIpc) is 2.56. The van der Waals surface area contributed by atoms with E-state index in [-0.39, 0.29) is 5.91 Å². The molecule has 0 bridgehead atoms. The minimum atomic E-state index is -0.207. The van der Waals surface area contributed by atoms with Crippen LogP contribution in [0, 0.1) is 0 Å². The van der Waals surface area contributed by atoms with Crippen molar-refractivity contribution in [1.82, 2.24) is 15.8 Å². The first-order chi connectivity index (χ1) is 10.7. The minimum absolute atomic E-state index is 0.207. The maximum Gasteiger partial charge on any atom is 0.269 e. The van der Waals surface area contributed by atoms with E-state index in [2.05, 4.69) is 22.8 Å². The van der Waals surface area contributed by atoms with E-state index in [1.807, 2.05) is 0 Å². The number of nitrogens with zero attached hydrogens (tertiary/aromatic N) is 1. The predicted octanol–water partition coefficient (Wildman–Crippen LogP) is 4.08. The lowest BCUT2D eigenvalue weighted by Crippen LogP contribution is -2.39. The Labute approximate surface area is 142 Å². The molecule has 1 rings (SSSR count). The van der Waals surface area contributed by atoms with Crippen LogP contribution in [-0.4, -0.2) is 21.0 Å². The zero-order chi connectivity index (χ0) is 16.0. The molecule has 122 valence electrons. The Kier molecular flexibility index (Phi) is 10.7. The van der Waals surface area contributed by atoms with Gasteiger partial charge in [-0.25, -0.2) is 0 Å². The summed E-state index contributed by atoms with van der Waals surface area (Å²) in [5, 5.41) is 0. The molecule has 0 fully saturated rings. The molecule has 0 aliphatic rings. The lowest BCUT2D eigenvalue weighted by atomic mass is 10.1. The molecule has 0 atom stereocenters. The van der Waals surface area contributed by atoms with E-state index < -0.39 is 0 Å². The molecule has 0 spiro atoms. The lowest BCUT2D eigenvalue weighted by molar-refractivity contribution is 0.0944. The Bertz CT molecular complexity index is 440. The van der Waals surface area contributed by atoms with E-state index in [1.54, 1.807) is 36.3 Å². The van der Waals surface area contributed by atoms with Gasteiger partial charge in [0.2, 0.25) is 0 Å². The Balaban J connectivity index is 2.01. The highest BCUT2D eigenvalue weighted by Gasteiger charge is 2.04. The van der Waals surface area contributed by atoms with Crippen molar-refractivity contribution in [1.29, 1.82) is 0 Å². The van der Waals surface area contributed by atoms with Gasteiger partial charge in [0.1, 0.15) is 0 Å². The number of carbonyl (C=O) groups excluding carboxylic acids is 1. The van der Waals surface area contributed by atoms with Crippen LogP contribution in [0.4, 0.5) is 0 Å². The number of thiocarbonyl (C=S) groups is 1. The second kappa shape index (κ2) is 12.4. The summed E-state index contributed by atoms with van der Waals surface area (Å²) in [6.45, 7) is 2.23. The summed E-state index contributed by atoms with van der Waals surface area (Å²) in [4.78, 5) is 15.7. The summed E-state index contributed by atoms with van der Waals surface area (Å²) in [5.74, 6) is 0.784. The number of carbonyl (C=O) groups is 1. The summed E-state index contributed by atoms with van der Waals surface area (Å²) in [7, 11) is 0. The number of rotatable bonds is 9. The van der Waals surface area contributed by atoms with Crippen LogP contribution in [-0.2, 0) is 0 Å². The Hall–Kier alpha value is -1.14. The molecule has 0 aliphatic heterocycles. The van der Waals surface area contributed by atoms with Gasteiger partial charge in [0, 0.05) is 23.7 Å². The normalized spacial score (nSPS) is 10.2. The average molecular weight is 340 g/mol. The largest absolute Gasteiger partial charge is 0.283 e. The molecule has 0 aliphatic carbocycles. The Morgan fingerprint density at radius 2 is 1.73 bits per heavy atom. The molecule has 0 saturated heterocycles. The molecule has 0 aromatic carbocycles. The van der Waals surface area contributed by atoms with Crippen molar-refractivity contribution < 1.29 is 4.79 Å². The van der Waals surface area contributed by atoms with Crippen LogP contribution in [0.3, 0.4) is 0 Å². The quantitative estimate of drug-likeness (QED) is 0.403. The third-order valence-corrected chi connectivity index (χ3v) is 4.51. The molecule has 0 saturated carbocycles. The molecule has 0 unspecified atom stereocenters. The number of hydrogen-bond acceptors (Lipinski definition) is 4. The van der Waals surface area contributed by atoms with Crippen molar-refractivity contribution in [2.45, 2.75) is 51.9 Å². The fourth-order valence-corrected chi connectivity index (χ4v) is 2.90. The van der Waals surface area contributed by atoms with Crippen LogP contribution in [0.1, 0.15) is 62.2 Å². The van der Waals surface area contributed by atoms with Crippen molar-refractivity contribution in [2.24, 2.45) is 0 Å². The Morgan fingerprint density at radius 3 is 2.41 bits per heavy atom. The number of amides is 1. The lowest BCUT2D eigenvalue weighted by Gasteiger charge is -2.09. The zero-order valence-electron chi connectivity index (χ0n) is 13.1. The van der Waals surface area contributed by atoms with Crippen LogP contribution >= 0.6 is 24.0 Å². The highest BCUT2D eigenvalue weighted by atomic mass is 32.2. The first-order valence-electron chi connectivity index (χ1n) is 7.87. The third-order valence-electron chi connectivity index (χ3n) is 3.20. The van der Waals surface area contributed by atoms with Crippen molar-refractivity contribution >= 4 is 34.2 Å². The van der Waals surface area contributed by atoms with Gasteiger partial charge in [-0.2, -0.15) is 0 Å². The number of thioether (sulfide) groups is 1. The minimum Gasteiger partial charge on any atom is -0.283 e. The number of aromatic nitrogens is 1. The molecule has 1 aromatic rings. The molecule has 22 heavy (non-hydrogen) atoms. The summed E-state index contributed by atoms with van der Waals surface area (Å²) in [6, 6.07) is 3.32. The molecule has 0 radical (unpaired) electrons. The zero-order valence-corrected chi connectivity index (χ0v) is 14.8. The van der Waals surface area contributed by atoms with Crippen LogP contribution in [0.25, 0.3) is 0 Å². The maximum absolute atomic E-state index is 11.8. The molecule has 1 amide bonds. The number of nitrogens with one attached hydrogen (secondary N) is 2. The van der Waals surface area contributed by atoms with Gasteiger partial charge in [-0.15, -0.1) is 0 Å². The number of pyridine rings is 1. The van der Waals surface area contributed by atoms with Gasteiger partial charge in [0.05, 0.1) is 0 Å². The molecule has 2 N–H and O–H groups in total. The van der Waals surface area contributed by atoms with Gasteiger partial charge in [-0.3, -0.25) is 20.6 Å². The van der Waals surface area contributed by atoms with Crippen molar-refractivity contribution in [3.63, 3.8) is 0 Å². The van der Waals surface area contributed by atoms with Crippen LogP contribution in [0.2, 0.25) is 0 Å². The van der Waals surface area contributed by atoms with Crippen molar-refractivity contribution in [2.75, 3.05) is 5.75 Å².